The Morgan fingerprint density at radius 2 is 1.60 bits per heavy atom. The van der Waals surface area contributed by atoms with Gasteiger partial charge in [-0.2, -0.15) is 4.21 Å². The fraction of sp³-hybridized carbons (Fsp3) is 0. The van der Waals surface area contributed by atoms with Crippen molar-refractivity contribution in [3.63, 3.8) is 0 Å². The molecular formula is H4O3SSr. The van der Waals surface area contributed by atoms with Crippen LogP contribution in [0.5, 0.6) is 0 Å². The molecule has 0 aromatic heterocycles. The van der Waals surface area contributed by atoms with E-state index in [2.05, 4.69) is 0 Å². The van der Waals surface area contributed by atoms with Crippen LogP contribution < -0.4 is 0 Å². The number of rotatable bonds is 0. The van der Waals surface area contributed by atoms with E-state index in [1.807, 2.05) is 0 Å². The molecule has 0 aliphatic carbocycles. The van der Waals surface area contributed by atoms with Gasteiger partial charge in [-0.15, -0.1) is 0 Å². The topological polar surface area (TPSA) is 57.5 Å². The van der Waals surface area contributed by atoms with Crippen LogP contribution >= 0.6 is 0 Å². The quantitative estimate of drug-likeness (QED) is 0.383. The monoisotopic (exact) mass is 172 g/mol. The molecule has 30 valence electrons. The van der Waals surface area contributed by atoms with Crippen molar-refractivity contribution in [2.75, 3.05) is 0 Å². The third kappa shape index (κ3) is 29.1. The second-order valence-corrected chi connectivity index (χ2v) is 0.692. The Kier molecular flexibility index (Phi) is 10.8. The molecule has 0 aromatic rings. The molecule has 0 unspecified atom stereocenters. The maximum absolute atomic E-state index is 8.67. The molecule has 2 N–H and O–H groups in total. The zero-order chi connectivity index (χ0) is 3.58. The van der Waals surface area contributed by atoms with E-state index in [1.165, 1.54) is 0 Å². The fourth-order valence-corrected chi connectivity index (χ4v) is 0. The molecule has 5 heavy (non-hydrogen) atoms. The summed E-state index contributed by atoms with van der Waals surface area (Å²) in [4.78, 5) is 0. The van der Waals surface area contributed by atoms with Gasteiger partial charge < -0.3 is 2.85 Å². The van der Waals surface area contributed by atoms with E-state index in [-0.39, 0.29) is 48.3 Å². The predicted molar refractivity (Wildman–Crippen MR) is 21.4 cm³/mol. The molecule has 3 nitrogen and oxygen atoms in total. The largest absolute Gasteiger partial charge is 2.00 e. The van der Waals surface area contributed by atoms with Gasteiger partial charge in [0.05, 0.1) is 0 Å². The summed E-state index contributed by atoms with van der Waals surface area (Å²) in [5.41, 5.74) is 0. The summed E-state index contributed by atoms with van der Waals surface area (Å²) in [7, 11) is 0. The van der Waals surface area contributed by atoms with Crippen LogP contribution in [-0.2, 0) is 11.4 Å². The zero-order valence-electron chi connectivity index (χ0n) is 4.42. The molecule has 5 heteroatoms. The van der Waals surface area contributed by atoms with Crippen molar-refractivity contribution in [1.82, 2.24) is 0 Å². The molecule has 0 amide bonds. The summed E-state index contributed by atoms with van der Waals surface area (Å²) < 4.78 is 22.8. The first-order valence-corrected chi connectivity index (χ1v) is 1.60. The Hall–Kier alpha value is 1.55. The smallest absolute Gasteiger partial charge is 1.00 e. The van der Waals surface area contributed by atoms with Gasteiger partial charge in [0.15, 0.2) is 0 Å². The molecule has 0 saturated heterocycles. The molecule has 0 spiro atoms. The minimum atomic E-state index is -2.61. The van der Waals surface area contributed by atoms with Crippen molar-refractivity contribution in [3.05, 3.63) is 0 Å². The summed E-state index contributed by atoms with van der Waals surface area (Å²) in [5.74, 6) is 0. The van der Waals surface area contributed by atoms with E-state index >= 15 is 0 Å². The molecular weight excluding hydrogens is 168 g/mol. The van der Waals surface area contributed by atoms with Crippen LogP contribution in [0.1, 0.15) is 2.85 Å². The van der Waals surface area contributed by atoms with Gasteiger partial charge in [-0.3, -0.25) is 9.11 Å². The summed E-state index contributed by atoms with van der Waals surface area (Å²) in [5, 5.41) is 0. The molecule has 0 bridgehead atoms. The van der Waals surface area contributed by atoms with Crippen molar-refractivity contribution in [2.24, 2.45) is 0 Å². The van der Waals surface area contributed by atoms with Gasteiger partial charge >= 0.3 is 45.5 Å². The Balaban J connectivity index is -0.0000000150. The Morgan fingerprint density at radius 1 is 1.60 bits per heavy atom. The number of hydrogen-bond donors (Lipinski definition) is 2. The summed E-state index contributed by atoms with van der Waals surface area (Å²) in [6.45, 7) is 0. The van der Waals surface area contributed by atoms with Gasteiger partial charge in [0.1, 0.15) is 0 Å². The van der Waals surface area contributed by atoms with Gasteiger partial charge in [-0.25, -0.2) is 0 Å². The molecule has 0 heterocycles. The average molecular weight is 172 g/mol. The van der Waals surface area contributed by atoms with Crippen LogP contribution in [0.25, 0.3) is 0 Å². The minimum Gasteiger partial charge on any atom is -1.00 e. The van der Waals surface area contributed by atoms with Crippen molar-refractivity contribution in [1.29, 1.82) is 0 Å². The summed E-state index contributed by atoms with van der Waals surface area (Å²) >= 11 is -2.61. The minimum absolute atomic E-state index is 0. The standard InChI is InChI=1S/H2O3S.Sr.2H/c1-4(2)3;;;/h(H2,1,2,3);;;/q;+2;2*-1. The van der Waals surface area contributed by atoms with Crippen LogP contribution in [0.4, 0.5) is 0 Å². The molecule has 0 aromatic carbocycles. The zero-order valence-corrected chi connectivity index (χ0v) is 6.71. The van der Waals surface area contributed by atoms with Crippen molar-refractivity contribution in [2.45, 2.75) is 0 Å². The van der Waals surface area contributed by atoms with Crippen LogP contribution in [0.2, 0.25) is 0 Å². The van der Waals surface area contributed by atoms with Crippen LogP contribution in [0.3, 0.4) is 0 Å². The maximum Gasteiger partial charge on any atom is 2.00 e. The normalized spacial score (nSPS) is 7.00. The van der Waals surface area contributed by atoms with Gasteiger partial charge in [-0.05, 0) is 0 Å². The van der Waals surface area contributed by atoms with Crippen LogP contribution in [0, 0.1) is 0 Å². The Morgan fingerprint density at radius 3 is 1.60 bits per heavy atom. The molecule has 0 atom stereocenters. The van der Waals surface area contributed by atoms with Gasteiger partial charge in [0.25, 0.3) is 11.4 Å². The molecule has 0 aliphatic heterocycles. The second-order valence-electron chi connectivity index (χ2n) is 0.231. The molecule has 0 saturated carbocycles. The van der Waals surface area contributed by atoms with Crippen molar-refractivity contribution in [3.8, 4) is 0 Å². The first kappa shape index (κ1) is 9.75. The van der Waals surface area contributed by atoms with Crippen molar-refractivity contribution >= 4 is 56.8 Å². The first-order valence-electron chi connectivity index (χ1n) is 0.532. The third-order valence-electron chi connectivity index (χ3n) is 0. The Labute approximate surface area is 72.1 Å². The molecule has 0 rings (SSSR count). The third-order valence-corrected chi connectivity index (χ3v) is 0. The Bertz CT molecular complexity index is 35.9. The molecule has 0 fully saturated rings. The van der Waals surface area contributed by atoms with Crippen LogP contribution in [-0.4, -0.2) is 58.8 Å². The number of hydrogen-bond acceptors (Lipinski definition) is 1. The summed E-state index contributed by atoms with van der Waals surface area (Å²) in [6.07, 6.45) is 0. The van der Waals surface area contributed by atoms with E-state index < -0.39 is 11.4 Å². The average Bonchev–Trinajstić information content (AvgIpc) is 0.811. The van der Waals surface area contributed by atoms with Gasteiger partial charge in [0, 0.05) is 0 Å². The second kappa shape index (κ2) is 5.55. The van der Waals surface area contributed by atoms with E-state index in [9.17, 15) is 0 Å². The fourth-order valence-electron chi connectivity index (χ4n) is 0. The SMILES string of the molecule is O=S(O)O.[H-].[H-].[Sr+2]. The van der Waals surface area contributed by atoms with E-state index in [0.717, 1.165) is 0 Å². The van der Waals surface area contributed by atoms with E-state index in [4.69, 9.17) is 13.3 Å². The van der Waals surface area contributed by atoms with E-state index in [1.54, 1.807) is 0 Å². The maximum atomic E-state index is 8.67. The van der Waals surface area contributed by atoms with Crippen molar-refractivity contribution < 1.29 is 16.2 Å². The van der Waals surface area contributed by atoms with E-state index in [0.29, 0.717) is 0 Å². The van der Waals surface area contributed by atoms with Gasteiger partial charge in [-0.1, -0.05) is 0 Å². The van der Waals surface area contributed by atoms with Gasteiger partial charge in [0.2, 0.25) is 0 Å². The predicted octanol–water partition coefficient (Wildman–Crippen LogP) is -0.475. The van der Waals surface area contributed by atoms with Crippen LogP contribution in [0.15, 0.2) is 0 Å². The molecule has 0 aliphatic rings. The summed E-state index contributed by atoms with van der Waals surface area (Å²) in [6, 6.07) is 0. The molecule has 0 radical (unpaired) electrons. The first-order chi connectivity index (χ1) is 1.73.